The molecule has 2 heterocycles. The molecule has 2 aliphatic rings. The van der Waals surface area contributed by atoms with E-state index in [4.69, 9.17) is 24.4 Å². The minimum atomic E-state index is -1.74. The topological polar surface area (TPSA) is 262 Å². The van der Waals surface area contributed by atoms with Crippen LogP contribution in [0.1, 0.15) is 38.0 Å². The molecule has 0 saturated carbocycles. The van der Waals surface area contributed by atoms with Gasteiger partial charge in [0.1, 0.15) is 54.6 Å². The van der Waals surface area contributed by atoms with Crippen LogP contribution in [0, 0.1) is 0 Å². The Bertz CT molecular complexity index is 897. The lowest BCUT2D eigenvalue weighted by molar-refractivity contribution is -0.355. The molecule has 232 valence electrons. The summed E-state index contributed by atoms with van der Waals surface area (Å²) in [5, 5.41) is 108. The summed E-state index contributed by atoms with van der Waals surface area (Å²) in [7, 11) is 0. The molecule has 0 aliphatic carbocycles. The van der Waals surface area contributed by atoms with Crippen LogP contribution in [0.5, 0.6) is 5.75 Å². The first-order valence-electron chi connectivity index (χ1n) is 12.8. The number of aliphatic hydroxyl groups is 10. The van der Waals surface area contributed by atoms with Crippen LogP contribution in [0.25, 0.3) is 0 Å². The number of nitrogens with one attached hydrogen (secondary N) is 1. The van der Waals surface area contributed by atoms with Gasteiger partial charge in [-0.15, -0.1) is 0 Å². The van der Waals surface area contributed by atoms with E-state index < -0.39 is 80.7 Å². The Labute approximate surface area is 231 Å². The van der Waals surface area contributed by atoms with Gasteiger partial charge in [-0.2, -0.15) is 0 Å². The summed E-state index contributed by atoms with van der Waals surface area (Å²) in [5.74, 6) is 0.0484. The number of aromatic hydroxyl groups is 1. The third kappa shape index (κ3) is 8.98. The molecule has 3 rings (SSSR count). The van der Waals surface area contributed by atoms with E-state index >= 15 is 0 Å². The van der Waals surface area contributed by atoms with E-state index in [-0.39, 0.29) is 17.9 Å². The van der Waals surface area contributed by atoms with Crippen molar-refractivity contribution in [2.24, 2.45) is 0 Å². The third-order valence-electron chi connectivity index (χ3n) is 6.46. The van der Waals surface area contributed by atoms with E-state index in [1.165, 1.54) is 6.07 Å². The van der Waals surface area contributed by atoms with Crippen molar-refractivity contribution in [1.82, 2.24) is 5.32 Å². The van der Waals surface area contributed by atoms with Crippen LogP contribution in [0.3, 0.4) is 0 Å². The number of hydrogen-bond acceptors (Lipinski definition) is 15. The van der Waals surface area contributed by atoms with Crippen LogP contribution < -0.4 is 5.32 Å². The fourth-order valence-electron chi connectivity index (χ4n) is 4.03. The monoisotopic (exact) mass is 581 g/mol. The molecule has 2 aliphatic heterocycles. The maximum Gasteiger partial charge on any atom is 0.187 e. The average Bonchev–Trinajstić information content (AvgIpc) is 2.92. The van der Waals surface area contributed by atoms with Crippen LogP contribution in [0.2, 0.25) is 0 Å². The van der Waals surface area contributed by atoms with Gasteiger partial charge < -0.3 is 75.7 Å². The van der Waals surface area contributed by atoms with Gasteiger partial charge in [-0.25, -0.2) is 0 Å². The molecular weight excluding hydrogens is 538 g/mol. The molecule has 0 spiro atoms. The highest BCUT2D eigenvalue weighted by atomic mass is 16.7. The molecule has 0 bridgehead atoms. The first-order chi connectivity index (χ1) is 18.6. The molecule has 0 radical (unpaired) electrons. The predicted octanol–water partition coefficient (Wildman–Crippen LogP) is -4.09. The Morgan fingerprint density at radius 2 is 1.48 bits per heavy atom. The summed E-state index contributed by atoms with van der Waals surface area (Å²) < 4.78 is 15.3. The number of benzene rings is 1. The molecule has 0 aromatic heterocycles. The summed E-state index contributed by atoms with van der Waals surface area (Å²) in [4.78, 5) is 0. The Balaban J connectivity index is 0.000000294. The molecule has 15 heteroatoms. The van der Waals surface area contributed by atoms with Gasteiger partial charge in [0.25, 0.3) is 0 Å². The molecule has 40 heavy (non-hydrogen) atoms. The highest BCUT2D eigenvalue weighted by Gasteiger charge is 2.50. The van der Waals surface area contributed by atoms with Crippen LogP contribution in [-0.4, -0.2) is 143 Å². The summed E-state index contributed by atoms with van der Waals surface area (Å²) >= 11 is 0. The van der Waals surface area contributed by atoms with Crippen molar-refractivity contribution in [3.63, 3.8) is 0 Å². The molecule has 1 aromatic rings. The van der Waals surface area contributed by atoms with E-state index in [9.17, 15) is 46.0 Å². The van der Waals surface area contributed by atoms with Gasteiger partial charge in [0, 0.05) is 17.6 Å². The SMILES string of the molecule is CC(C)(C)NCC(O)c1ccc(O)c(CO)c1.OC[C@H]1O[C@@H](O[C@H]2[C@H](O)[C@@H](O)[C@H](O)O[C@@H]2CO)[C@H](O)[C@@H](O)[C@H]1O. The normalized spacial score (nSPS) is 35.5. The summed E-state index contributed by atoms with van der Waals surface area (Å²) in [5.41, 5.74) is 1.05. The molecule has 11 atom stereocenters. The third-order valence-corrected chi connectivity index (χ3v) is 6.46. The zero-order valence-electron chi connectivity index (χ0n) is 22.6. The predicted molar refractivity (Wildman–Crippen MR) is 135 cm³/mol. The maximum absolute atomic E-state index is 9.97. The van der Waals surface area contributed by atoms with Gasteiger partial charge in [0.05, 0.1) is 25.9 Å². The summed E-state index contributed by atoms with van der Waals surface area (Å²) in [6, 6.07) is 4.76. The fourth-order valence-corrected chi connectivity index (χ4v) is 4.03. The fraction of sp³-hybridized carbons (Fsp3) is 0.760. The Morgan fingerprint density at radius 3 is 2.02 bits per heavy atom. The van der Waals surface area contributed by atoms with E-state index in [2.05, 4.69) is 5.32 Å². The van der Waals surface area contributed by atoms with Crippen molar-refractivity contribution in [1.29, 1.82) is 0 Å². The number of phenols is 1. The van der Waals surface area contributed by atoms with Crippen LogP contribution in [-0.2, 0) is 20.8 Å². The molecule has 2 saturated heterocycles. The smallest absolute Gasteiger partial charge is 0.187 e. The van der Waals surface area contributed by atoms with Gasteiger partial charge in [-0.3, -0.25) is 0 Å². The van der Waals surface area contributed by atoms with Crippen LogP contribution in [0.15, 0.2) is 18.2 Å². The van der Waals surface area contributed by atoms with Crippen molar-refractivity contribution < 1.29 is 70.4 Å². The lowest BCUT2D eigenvalue weighted by atomic mass is 9.97. The van der Waals surface area contributed by atoms with Crippen LogP contribution >= 0.6 is 0 Å². The highest BCUT2D eigenvalue weighted by molar-refractivity contribution is 5.36. The molecule has 12 N–H and O–H groups in total. The molecule has 15 nitrogen and oxygen atoms in total. The molecule has 2 fully saturated rings. The quantitative estimate of drug-likeness (QED) is 0.139. The highest BCUT2D eigenvalue weighted by Crippen LogP contribution is 2.28. The Hall–Kier alpha value is -1.54. The van der Waals surface area contributed by atoms with Gasteiger partial charge in [0.15, 0.2) is 12.6 Å². The largest absolute Gasteiger partial charge is 0.508 e. The van der Waals surface area contributed by atoms with Gasteiger partial charge in [0.2, 0.25) is 0 Å². The van der Waals surface area contributed by atoms with Gasteiger partial charge in [-0.05, 0) is 38.5 Å². The second kappa shape index (κ2) is 15.1. The second-order valence-electron chi connectivity index (χ2n) is 10.7. The Kier molecular flexibility index (Phi) is 13.1. The Morgan fingerprint density at radius 1 is 0.850 bits per heavy atom. The summed E-state index contributed by atoms with van der Waals surface area (Å²) in [6.45, 7) is 4.92. The van der Waals surface area contributed by atoms with Crippen molar-refractivity contribution >= 4 is 0 Å². The first-order valence-corrected chi connectivity index (χ1v) is 12.8. The molecule has 1 unspecified atom stereocenters. The standard InChI is InChI=1S/C13H21NO3.C12H22O11/c1-13(2,3)14-7-12(17)9-4-5-11(16)10(6-9)8-15;13-1-3-5(15)6(16)9(19)12(22-3)23-10-4(2-14)21-11(20)8(18)7(10)17/h4-6,12,14-17H,7-8H2,1-3H3;3-20H,1-2H2/t;3-,4-,5+,6+,7-,8-,9-,10-,11-,12+/m.1/s1. The maximum atomic E-state index is 9.97. The average molecular weight is 582 g/mol. The minimum absolute atomic E-state index is 0.0484. The van der Waals surface area contributed by atoms with E-state index in [1.54, 1.807) is 12.1 Å². The van der Waals surface area contributed by atoms with E-state index in [0.29, 0.717) is 17.7 Å². The zero-order chi connectivity index (χ0) is 30.4. The minimum Gasteiger partial charge on any atom is -0.508 e. The van der Waals surface area contributed by atoms with Crippen molar-refractivity contribution in [3.8, 4) is 5.75 Å². The lowest BCUT2D eigenvalue weighted by Gasteiger charge is -2.45. The molecule has 1 aromatic carbocycles. The number of β-amino-alcohol motifs (C(OH)–C–C–N with tert-alkyl or cyclic N) is 1. The second-order valence-corrected chi connectivity index (χ2v) is 10.7. The summed E-state index contributed by atoms with van der Waals surface area (Å²) in [6.07, 6.45) is -16.2. The van der Waals surface area contributed by atoms with Crippen molar-refractivity contribution in [2.75, 3.05) is 19.8 Å². The number of rotatable bonds is 8. The van der Waals surface area contributed by atoms with Crippen molar-refractivity contribution in [2.45, 2.75) is 100 Å². The van der Waals surface area contributed by atoms with Crippen molar-refractivity contribution in [3.05, 3.63) is 29.3 Å². The zero-order valence-corrected chi connectivity index (χ0v) is 22.6. The number of aliphatic hydroxyl groups excluding tert-OH is 10. The van der Waals surface area contributed by atoms with Crippen LogP contribution in [0.4, 0.5) is 0 Å². The first kappa shape index (κ1) is 34.7. The number of ether oxygens (including phenoxy) is 3. The van der Waals surface area contributed by atoms with E-state index in [1.807, 2.05) is 20.8 Å². The lowest BCUT2D eigenvalue weighted by Crippen LogP contribution is -2.64. The van der Waals surface area contributed by atoms with Gasteiger partial charge in [-0.1, -0.05) is 6.07 Å². The van der Waals surface area contributed by atoms with E-state index in [0.717, 1.165) is 0 Å². The van der Waals surface area contributed by atoms with Gasteiger partial charge >= 0.3 is 0 Å². The molecule has 0 amide bonds. The number of hydrogen-bond donors (Lipinski definition) is 12. The molecular formula is C25H43NO14.